The topological polar surface area (TPSA) is 52.5 Å². The average Bonchev–Trinajstić information content (AvgIpc) is 3.24. The van der Waals surface area contributed by atoms with Crippen LogP contribution in [0, 0.1) is 0 Å². The first kappa shape index (κ1) is 23.3. The van der Waals surface area contributed by atoms with Gasteiger partial charge in [0.15, 0.2) is 0 Å². The number of hydrogen-bond acceptors (Lipinski definition) is 3. The van der Waals surface area contributed by atoms with Crippen LogP contribution in [0.4, 0.5) is 0 Å². The Morgan fingerprint density at radius 2 is 1.73 bits per heavy atom. The zero-order valence-corrected chi connectivity index (χ0v) is 19.5. The van der Waals surface area contributed by atoms with Gasteiger partial charge in [0, 0.05) is 18.2 Å². The first-order valence-electron chi connectivity index (χ1n) is 11.7. The van der Waals surface area contributed by atoms with Crippen LogP contribution in [-0.4, -0.2) is 29.4 Å². The molecule has 1 aliphatic heterocycles. The number of benzene rings is 2. The van der Waals surface area contributed by atoms with Gasteiger partial charge in [-0.05, 0) is 36.6 Å². The molecule has 2 aromatic carbocycles. The first-order valence-corrected chi connectivity index (χ1v) is 11.7. The van der Waals surface area contributed by atoms with E-state index in [9.17, 15) is 4.79 Å². The van der Waals surface area contributed by atoms with Gasteiger partial charge in [0.05, 0.1) is 49.4 Å². The summed E-state index contributed by atoms with van der Waals surface area (Å²) in [6.45, 7) is 3.37. The Morgan fingerprint density at radius 1 is 0.939 bits per heavy atom. The van der Waals surface area contributed by atoms with E-state index in [2.05, 4.69) is 30.3 Å². The molecule has 0 bridgehead atoms. The Bertz CT molecular complexity index is 1220. The van der Waals surface area contributed by atoms with E-state index < -0.39 is 0 Å². The van der Waals surface area contributed by atoms with E-state index in [4.69, 9.17) is 9.52 Å². The fraction of sp³-hybridized carbons (Fsp3) is 0.333. The Balaban J connectivity index is 0.00000259. The molecule has 2 atom stereocenters. The van der Waals surface area contributed by atoms with Gasteiger partial charge < -0.3 is 21.7 Å². The summed E-state index contributed by atoms with van der Waals surface area (Å²) in [6, 6.07) is 22.5. The highest BCUT2D eigenvalue weighted by Crippen LogP contribution is 2.21. The van der Waals surface area contributed by atoms with E-state index in [1.54, 1.807) is 15.8 Å². The third-order valence-electron chi connectivity index (χ3n) is 6.68. The monoisotopic (exact) mass is 463 g/mol. The van der Waals surface area contributed by atoms with E-state index >= 15 is 0 Å². The van der Waals surface area contributed by atoms with Crippen molar-refractivity contribution in [3.05, 3.63) is 100 Å². The lowest BCUT2D eigenvalue weighted by Crippen LogP contribution is -3.12. The molecule has 1 N–H and O–H groups in total. The standard InChI is InChI=1S/C27H29N3O2.ClH/c31-27-25-13-5-4-12-24(25)26(20-23-11-7-19-32-23)28-30(27)22-10-6-16-29(18-15-22)17-14-21-8-2-1-3-9-21;/h1-5,7-9,11-13,19,22H,6,10,14-18,20H2;1H. The van der Waals surface area contributed by atoms with Crippen molar-refractivity contribution in [3.63, 3.8) is 0 Å². The van der Waals surface area contributed by atoms with E-state index in [1.807, 2.05) is 36.4 Å². The summed E-state index contributed by atoms with van der Waals surface area (Å²) in [5, 5.41) is 6.57. The number of rotatable bonds is 6. The second-order valence-corrected chi connectivity index (χ2v) is 8.82. The van der Waals surface area contributed by atoms with Crippen LogP contribution in [0.3, 0.4) is 0 Å². The summed E-state index contributed by atoms with van der Waals surface area (Å²) in [4.78, 5) is 15.0. The van der Waals surface area contributed by atoms with Crippen LogP contribution in [0.2, 0.25) is 0 Å². The number of fused-ring (bicyclic) bond motifs is 1. The summed E-state index contributed by atoms with van der Waals surface area (Å²) >= 11 is 0. The zero-order valence-electron chi connectivity index (χ0n) is 18.8. The molecule has 1 saturated heterocycles. The summed E-state index contributed by atoms with van der Waals surface area (Å²) < 4.78 is 7.35. The number of hydrogen-bond donors (Lipinski definition) is 1. The van der Waals surface area contributed by atoms with Crippen LogP contribution < -0.4 is 22.9 Å². The number of halogens is 1. The second-order valence-electron chi connectivity index (χ2n) is 8.82. The van der Waals surface area contributed by atoms with Crippen molar-refractivity contribution < 1.29 is 21.7 Å². The molecule has 0 radical (unpaired) electrons. The Hall–Kier alpha value is -2.89. The van der Waals surface area contributed by atoms with Gasteiger partial charge in [0.1, 0.15) is 5.76 Å². The van der Waals surface area contributed by atoms with Gasteiger partial charge in [-0.1, -0.05) is 48.5 Å². The van der Waals surface area contributed by atoms with Gasteiger partial charge in [0.25, 0.3) is 5.56 Å². The van der Waals surface area contributed by atoms with Crippen LogP contribution in [0.1, 0.15) is 42.3 Å². The van der Waals surface area contributed by atoms with Crippen molar-refractivity contribution in [2.75, 3.05) is 19.6 Å². The maximum atomic E-state index is 13.4. The Labute approximate surface area is 200 Å². The predicted molar refractivity (Wildman–Crippen MR) is 126 cm³/mol. The van der Waals surface area contributed by atoms with Gasteiger partial charge in [-0.2, -0.15) is 5.10 Å². The molecule has 0 saturated carbocycles. The number of likely N-dealkylation sites (tertiary alicyclic amines) is 1. The number of nitrogens with zero attached hydrogens (tertiary/aromatic N) is 2. The minimum atomic E-state index is 0. The number of aromatic nitrogens is 2. The second kappa shape index (κ2) is 10.8. The van der Waals surface area contributed by atoms with Crippen LogP contribution in [-0.2, 0) is 12.8 Å². The van der Waals surface area contributed by atoms with E-state index in [0.717, 1.165) is 67.5 Å². The molecular weight excluding hydrogens is 434 g/mol. The van der Waals surface area contributed by atoms with Crippen molar-refractivity contribution in [1.82, 2.24) is 9.78 Å². The quantitative estimate of drug-likeness (QED) is 0.451. The summed E-state index contributed by atoms with van der Waals surface area (Å²) in [5.74, 6) is 0.866. The molecule has 2 aromatic heterocycles. The van der Waals surface area contributed by atoms with Gasteiger partial charge >= 0.3 is 0 Å². The Kier molecular flexibility index (Phi) is 7.63. The number of nitrogens with one attached hydrogen (secondary N) is 1. The highest BCUT2D eigenvalue weighted by molar-refractivity contribution is 5.83. The molecule has 172 valence electrons. The highest BCUT2D eigenvalue weighted by atomic mass is 35.5. The van der Waals surface area contributed by atoms with Gasteiger partial charge in [0.2, 0.25) is 0 Å². The van der Waals surface area contributed by atoms with Gasteiger partial charge in [-0.25, -0.2) is 4.68 Å². The normalized spacial score (nSPS) is 18.5. The van der Waals surface area contributed by atoms with E-state index in [-0.39, 0.29) is 24.0 Å². The molecule has 33 heavy (non-hydrogen) atoms. The lowest BCUT2D eigenvalue weighted by Gasteiger charge is -2.19. The largest absolute Gasteiger partial charge is 1.00 e. The van der Waals surface area contributed by atoms with Crippen LogP contribution in [0.15, 0.2) is 82.2 Å². The molecule has 5 nitrogen and oxygen atoms in total. The maximum Gasteiger partial charge on any atom is 0.274 e. The third kappa shape index (κ3) is 5.37. The van der Waals surface area contributed by atoms with Crippen LogP contribution in [0.5, 0.6) is 0 Å². The summed E-state index contributed by atoms with van der Waals surface area (Å²) in [6.07, 6.45) is 6.47. The smallest absolute Gasteiger partial charge is 0.274 e. The lowest BCUT2D eigenvalue weighted by atomic mass is 10.1. The number of furan rings is 1. The fourth-order valence-electron chi connectivity index (χ4n) is 4.92. The molecule has 1 fully saturated rings. The molecule has 3 heterocycles. The van der Waals surface area contributed by atoms with Crippen LogP contribution in [0.25, 0.3) is 10.8 Å². The molecule has 1 aliphatic rings. The van der Waals surface area contributed by atoms with Gasteiger partial charge in [-0.3, -0.25) is 4.79 Å². The minimum absolute atomic E-state index is 0. The average molecular weight is 464 g/mol. The first-order chi connectivity index (χ1) is 15.8. The maximum absolute atomic E-state index is 13.4. The Morgan fingerprint density at radius 3 is 2.52 bits per heavy atom. The minimum Gasteiger partial charge on any atom is -1.00 e. The van der Waals surface area contributed by atoms with Crippen molar-refractivity contribution in [1.29, 1.82) is 0 Å². The zero-order chi connectivity index (χ0) is 21.8. The summed E-state index contributed by atoms with van der Waals surface area (Å²) in [5.41, 5.74) is 2.34. The third-order valence-corrected chi connectivity index (χ3v) is 6.68. The highest BCUT2D eigenvalue weighted by Gasteiger charge is 2.24. The molecule has 5 rings (SSSR count). The van der Waals surface area contributed by atoms with Crippen molar-refractivity contribution in [2.24, 2.45) is 0 Å². The van der Waals surface area contributed by atoms with Crippen molar-refractivity contribution in [3.8, 4) is 0 Å². The summed E-state index contributed by atoms with van der Waals surface area (Å²) in [7, 11) is 0. The molecular formula is C27H30ClN3O2. The fourth-order valence-corrected chi connectivity index (χ4v) is 4.92. The molecule has 4 aromatic rings. The van der Waals surface area contributed by atoms with Crippen LogP contribution >= 0.6 is 0 Å². The molecule has 0 amide bonds. The SMILES string of the molecule is O=c1c2ccccc2c(Cc2ccco2)nn1C1CCC[NH+](CCc2ccccc2)CC1.[Cl-]. The number of quaternary nitrogens is 1. The van der Waals surface area contributed by atoms with Crippen molar-refractivity contribution in [2.45, 2.75) is 38.1 Å². The van der Waals surface area contributed by atoms with Crippen molar-refractivity contribution >= 4 is 10.8 Å². The molecule has 0 aliphatic carbocycles. The van der Waals surface area contributed by atoms with E-state index in [0.29, 0.717) is 6.42 Å². The lowest BCUT2D eigenvalue weighted by molar-refractivity contribution is -0.899. The van der Waals surface area contributed by atoms with E-state index in [1.165, 1.54) is 5.56 Å². The molecule has 6 heteroatoms. The van der Waals surface area contributed by atoms with Gasteiger partial charge in [-0.15, -0.1) is 0 Å². The molecule has 0 spiro atoms. The molecule has 2 unspecified atom stereocenters. The predicted octanol–water partition coefficient (Wildman–Crippen LogP) is 0.437.